The summed E-state index contributed by atoms with van der Waals surface area (Å²) in [5, 5.41) is 0. The molecule has 0 saturated heterocycles. The Morgan fingerprint density at radius 3 is 2.00 bits per heavy atom. The lowest BCUT2D eigenvalue weighted by atomic mass is 9.84. The number of ether oxygens (including phenoxy) is 1. The number of rotatable bonds is 4. The van der Waals surface area contributed by atoms with E-state index in [1.54, 1.807) is 12.1 Å². The monoisotopic (exact) mass is 360 g/mol. The lowest BCUT2D eigenvalue weighted by Crippen LogP contribution is -2.32. The summed E-state index contributed by atoms with van der Waals surface area (Å²) in [6, 6.07) is 12.8. The Balaban J connectivity index is 1.89. The van der Waals surface area contributed by atoms with Crippen molar-refractivity contribution in [1.82, 2.24) is 0 Å². The van der Waals surface area contributed by atoms with Crippen LogP contribution in [0.25, 0.3) is 0 Å². The maximum Gasteiger partial charge on any atom is 0.420 e. The quantitative estimate of drug-likeness (QED) is 0.809. The first-order valence-electron chi connectivity index (χ1n) is 7.91. The highest BCUT2D eigenvalue weighted by atomic mass is 19.4. The normalized spacial score (nSPS) is 14.6. The molecule has 0 radical (unpaired) electrons. The van der Waals surface area contributed by atoms with E-state index in [1.807, 2.05) is 19.1 Å². The number of halogens is 3. The van der Waals surface area contributed by atoms with Crippen molar-refractivity contribution >= 4 is 11.6 Å². The van der Waals surface area contributed by atoms with Crippen molar-refractivity contribution in [2.24, 2.45) is 0 Å². The smallest absolute Gasteiger partial charge is 0.372 e. The zero-order valence-corrected chi connectivity index (χ0v) is 13.9. The molecule has 2 aromatic rings. The predicted molar refractivity (Wildman–Crippen MR) is 89.0 cm³/mol. The molecule has 0 saturated carbocycles. The fourth-order valence-electron chi connectivity index (χ4n) is 2.82. The molecular weight excluding hydrogens is 345 g/mol. The zero-order valence-electron chi connectivity index (χ0n) is 13.9. The van der Waals surface area contributed by atoms with Crippen LogP contribution in [0.4, 0.5) is 13.2 Å². The molecule has 134 valence electrons. The van der Waals surface area contributed by atoms with Gasteiger partial charge < -0.3 is 4.74 Å². The SMILES string of the molecule is Cc1ccc(COCC2=C(C(F)(F)F)C(=O)c3ccccc3C2=O)cc1. The summed E-state index contributed by atoms with van der Waals surface area (Å²) < 4.78 is 45.6. The first-order valence-corrected chi connectivity index (χ1v) is 7.91. The number of hydrogen-bond acceptors (Lipinski definition) is 3. The van der Waals surface area contributed by atoms with Gasteiger partial charge in [0.25, 0.3) is 0 Å². The van der Waals surface area contributed by atoms with E-state index < -0.39 is 35.5 Å². The average molecular weight is 360 g/mol. The first-order chi connectivity index (χ1) is 12.3. The number of carbonyl (C=O) groups excluding carboxylic acids is 2. The van der Waals surface area contributed by atoms with Crippen molar-refractivity contribution in [2.75, 3.05) is 6.61 Å². The van der Waals surface area contributed by atoms with Gasteiger partial charge in [-0.2, -0.15) is 13.2 Å². The Hall–Kier alpha value is -2.73. The maximum absolute atomic E-state index is 13.4. The number of allylic oxidation sites excluding steroid dienone is 1. The van der Waals surface area contributed by atoms with Crippen LogP contribution >= 0.6 is 0 Å². The molecule has 1 aliphatic rings. The summed E-state index contributed by atoms with van der Waals surface area (Å²) in [5.74, 6) is -2.02. The summed E-state index contributed by atoms with van der Waals surface area (Å²) >= 11 is 0. The summed E-state index contributed by atoms with van der Waals surface area (Å²) in [6.07, 6.45) is -4.93. The van der Waals surface area contributed by atoms with Gasteiger partial charge in [0.15, 0.2) is 11.6 Å². The molecule has 0 spiro atoms. The molecule has 6 heteroatoms. The molecule has 3 nitrogen and oxygen atoms in total. The second kappa shape index (κ2) is 6.88. The molecule has 3 rings (SSSR count). The topological polar surface area (TPSA) is 43.4 Å². The van der Waals surface area contributed by atoms with Gasteiger partial charge in [-0.25, -0.2) is 0 Å². The van der Waals surface area contributed by atoms with Crippen molar-refractivity contribution in [1.29, 1.82) is 0 Å². The van der Waals surface area contributed by atoms with E-state index >= 15 is 0 Å². The van der Waals surface area contributed by atoms with Crippen LogP contribution in [0.1, 0.15) is 31.8 Å². The van der Waals surface area contributed by atoms with Crippen LogP contribution in [-0.4, -0.2) is 24.3 Å². The van der Waals surface area contributed by atoms with Gasteiger partial charge in [0, 0.05) is 16.7 Å². The molecule has 0 aliphatic heterocycles. The minimum absolute atomic E-state index is 0.0283. The summed E-state index contributed by atoms with van der Waals surface area (Å²) in [6.45, 7) is 1.37. The van der Waals surface area contributed by atoms with Crippen LogP contribution in [0.3, 0.4) is 0 Å². The van der Waals surface area contributed by atoms with E-state index in [2.05, 4.69) is 0 Å². The minimum Gasteiger partial charge on any atom is -0.372 e. The van der Waals surface area contributed by atoms with E-state index in [1.165, 1.54) is 24.3 Å². The summed E-state index contributed by atoms with van der Waals surface area (Å²) in [7, 11) is 0. The van der Waals surface area contributed by atoms with Crippen LogP contribution in [0, 0.1) is 6.92 Å². The number of hydrogen-bond donors (Lipinski definition) is 0. The largest absolute Gasteiger partial charge is 0.420 e. The van der Waals surface area contributed by atoms with Gasteiger partial charge >= 0.3 is 6.18 Å². The number of ketones is 2. The van der Waals surface area contributed by atoms with Crippen molar-refractivity contribution in [3.05, 3.63) is 81.9 Å². The summed E-state index contributed by atoms with van der Waals surface area (Å²) in [5.41, 5.74) is -0.537. The molecule has 0 fully saturated rings. The van der Waals surface area contributed by atoms with E-state index in [4.69, 9.17) is 4.74 Å². The average Bonchev–Trinajstić information content (AvgIpc) is 2.60. The molecule has 0 amide bonds. The van der Waals surface area contributed by atoms with Gasteiger partial charge in [0.2, 0.25) is 0 Å². The van der Waals surface area contributed by atoms with Gasteiger partial charge in [-0.1, -0.05) is 54.1 Å². The Morgan fingerprint density at radius 1 is 0.846 bits per heavy atom. The third kappa shape index (κ3) is 3.46. The lowest BCUT2D eigenvalue weighted by Gasteiger charge is -2.22. The molecule has 0 unspecified atom stereocenters. The number of benzene rings is 2. The molecule has 2 aromatic carbocycles. The number of carbonyl (C=O) groups is 2. The molecule has 0 atom stereocenters. The molecule has 26 heavy (non-hydrogen) atoms. The minimum atomic E-state index is -4.93. The van der Waals surface area contributed by atoms with Crippen LogP contribution in [0.15, 0.2) is 59.7 Å². The second-order valence-corrected chi connectivity index (χ2v) is 6.03. The molecule has 0 heterocycles. The van der Waals surface area contributed by atoms with Crippen LogP contribution in [-0.2, 0) is 11.3 Å². The van der Waals surface area contributed by atoms with Crippen molar-refractivity contribution in [3.8, 4) is 0 Å². The van der Waals surface area contributed by atoms with Crippen molar-refractivity contribution < 1.29 is 27.5 Å². The molecule has 0 N–H and O–H groups in total. The van der Waals surface area contributed by atoms with Gasteiger partial charge in [-0.3, -0.25) is 9.59 Å². The third-order valence-electron chi connectivity index (χ3n) is 4.14. The Labute approximate surface area is 148 Å². The zero-order chi connectivity index (χ0) is 18.9. The Morgan fingerprint density at radius 2 is 1.42 bits per heavy atom. The Bertz CT molecular complexity index is 893. The first kappa shape index (κ1) is 18.1. The molecule has 0 aromatic heterocycles. The van der Waals surface area contributed by atoms with Crippen molar-refractivity contribution in [3.63, 3.8) is 0 Å². The van der Waals surface area contributed by atoms with E-state index in [0.717, 1.165) is 11.1 Å². The highest BCUT2D eigenvalue weighted by molar-refractivity contribution is 6.27. The van der Waals surface area contributed by atoms with Gasteiger partial charge in [0.05, 0.1) is 13.2 Å². The number of aryl methyl sites for hydroxylation is 1. The van der Waals surface area contributed by atoms with Crippen LogP contribution in [0.2, 0.25) is 0 Å². The van der Waals surface area contributed by atoms with Gasteiger partial charge in [0.1, 0.15) is 5.57 Å². The highest BCUT2D eigenvalue weighted by Crippen LogP contribution is 2.36. The fourth-order valence-corrected chi connectivity index (χ4v) is 2.82. The van der Waals surface area contributed by atoms with Gasteiger partial charge in [-0.15, -0.1) is 0 Å². The van der Waals surface area contributed by atoms with E-state index in [0.29, 0.717) is 0 Å². The number of Topliss-reactive ketones (excluding diaryl/α,β-unsaturated/α-hetero) is 2. The Kier molecular flexibility index (Phi) is 4.78. The highest BCUT2D eigenvalue weighted by Gasteiger charge is 2.46. The molecule has 1 aliphatic carbocycles. The van der Waals surface area contributed by atoms with E-state index in [9.17, 15) is 22.8 Å². The number of fused-ring (bicyclic) bond motifs is 1. The second-order valence-electron chi connectivity index (χ2n) is 6.03. The predicted octanol–water partition coefficient (Wildman–Crippen LogP) is 4.45. The van der Waals surface area contributed by atoms with Crippen molar-refractivity contribution in [2.45, 2.75) is 19.7 Å². The van der Waals surface area contributed by atoms with Crippen LogP contribution < -0.4 is 0 Å². The number of alkyl halides is 3. The van der Waals surface area contributed by atoms with E-state index in [-0.39, 0.29) is 17.7 Å². The summed E-state index contributed by atoms with van der Waals surface area (Å²) in [4.78, 5) is 24.8. The third-order valence-corrected chi connectivity index (χ3v) is 4.14. The molecular formula is C20H15F3O3. The van der Waals surface area contributed by atoms with Crippen LogP contribution in [0.5, 0.6) is 0 Å². The fraction of sp³-hybridized carbons (Fsp3) is 0.200. The maximum atomic E-state index is 13.4. The standard InChI is InChI=1S/C20H15F3O3/c1-12-6-8-13(9-7-12)10-26-11-16-17(20(21,22)23)19(25)15-5-3-2-4-14(15)18(16)24/h2-9H,10-11H2,1H3. The lowest BCUT2D eigenvalue weighted by molar-refractivity contribution is -0.0902. The van der Waals surface area contributed by atoms with Gasteiger partial charge in [-0.05, 0) is 12.5 Å². The molecule has 0 bridgehead atoms.